The van der Waals surface area contributed by atoms with Crippen molar-refractivity contribution in [2.24, 2.45) is 0 Å². The first kappa shape index (κ1) is 21.8. The number of unbranched alkanes of at least 4 members (excludes halogenated alkanes) is 3. The van der Waals surface area contributed by atoms with Gasteiger partial charge in [0.05, 0.1) is 0 Å². The molecular weight excluding hydrogens is 312 g/mol. The van der Waals surface area contributed by atoms with Gasteiger partial charge in [0.1, 0.15) is 0 Å². The van der Waals surface area contributed by atoms with Gasteiger partial charge in [0.15, 0.2) is 11.5 Å². The van der Waals surface area contributed by atoms with Crippen LogP contribution in [-0.4, -0.2) is 59.8 Å². The molecule has 0 spiro atoms. The third-order valence-electron chi connectivity index (χ3n) is 4.67. The molecule has 2 N–H and O–H groups in total. The molecule has 0 amide bonds. The van der Waals surface area contributed by atoms with Crippen LogP contribution in [0, 0.1) is 0 Å². The maximum atomic E-state index is 9.53. The molecule has 0 aliphatic carbocycles. The first-order chi connectivity index (χ1) is 12.1. The lowest BCUT2D eigenvalue weighted by atomic mass is 10.1. The Balaban J connectivity index is 2.08. The number of hydrogen-bond donors (Lipinski definition) is 2. The van der Waals surface area contributed by atoms with E-state index in [0.29, 0.717) is 0 Å². The molecule has 0 aliphatic rings. The molecule has 4 heteroatoms. The van der Waals surface area contributed by atoms with E-state index in [4.69, 9.17) is 0 Å². The third-order valence-corrected chi connectivity index (χ3v) is 4.67. The van der Waals surface area contributed by atoms with Gasteiger partial charge in [0.25, 0.3) is 0 Å². The molecule has 0 saturated heterocycles. The van der Waals surface area contributed by atoms with Crippen LogP contribution >= 0.6 is 0 Å². The Morgan fingerprint density at radius 3 is 2.00 bits per heavy atom. The Bertz CT molecular complexity index is 459. The number of rotatable bonds is 14. The molecule has 0 aliphatic heterocycles. The first-order valence-corrected chi connectivity index (χ1v) is 9.98. The number of phenols is 2. The van der Waals surface area contributed by atoms with E-state index < -0.39 is 0 Å². The standard InChI is InChI=1S/C21H38N2O2/c1-4-13-23(14-5-2)16-9-7-6-8-15-22(3)17-12-19-10-11-20(24)21(25)18-19/h10-11,18,24-25H,4-9,12-17H2,1-3H3. The molecule has 4 nitrogen and oxygen atoms in total. The van der Waals surface area contributed by atoms with Crippen molar-refractivity contribution in [2.75, 3.05) is 39.8 Å². The van der Waals surface area contributed by atoms with E-state index in [1.54, 1.807) is 12.1 Å². The molecule has 0 heterocycles. The van der Waals surface area contributed by atoms with Gasteiger partial charge in [-0.3, -0.25) is 0 Å². The molecule has 1 rings (SSSR count). The van der Waals surface area contributed by atoms with Gasteiger partial charge >= 0.3 is 0 Å². The quantitative estimate of drug-likeness (QED) is 0.389. The average Bonchev–Trinajstić information content (AvgIpc) is 2.59. The van der Waals surface area contributed by atoms with Crippen LogP contribution in [0.5, 0.6) is 11.5 Å². The highest BCUT2D eigenvalue weighted by atomic mass is 16.3. The molecule has 0 saturated carbocycles. The second-order valence-corrected chi connectivity index (χ2v) is 7.13. The zero-order valence-electron chi connectivity index (χ0n) is 16.5. The lowest BCUT2D eigenvalue weighted by Crippen LogP contribution is -2.26. The molecule has 0 aromatic heterocycles. The van der Waals surface area contributed by atoms with Crippen molar-refractivity contribution in [1.29, 1.82) is 0 Å². The number of likely N-dealkylation sites (N-methyl/N-ethyl adjacent to an activating group) is 1. The van der Waals surface area contributed by atoms with Crippen molar-refractivity contribution in [3.8, 4) is 11.5 Å². The summed E-state index contributed by atoms with van der Waals surface area (Å²) in [6, 6.07) is 5.09. The highest BCUT2D eigenvalue weighted by Gasteiger charge is 2.04. The van der Waals surface area contributed by atoms with Crippen LogP contribution in [0.15, 0.2) is 18.2 Å². The zero-order chi connectivity index (χ0) is 18.5. The highest BCUT2D eigenvalue weighted by molar-refractivity contribution is 5.40. The summed E-state index contributed by atoms with van der Waals surface area (Å²) in [5.41, 5.74) is 1.06. The summed E-state index contributed by atoms with van der Waals surface area (Å²) in [7, 11) is 2.16. The van der Waals surface area contributed by atoms with E-state index in [1.807, 2.05) is 6.07 Å². The van der Waals surface area contributed by atoms with Crippen molar-refractivity contribution in [2.45, 2.75) is 58.8 Å². The van der Waals surface area contributed by atoms with Crippen LogP contribution in [-0.2, 0) is 6.42 Å². The molecular formula is C21H38N2O2. The number of hydrogen-bond acceptors (Lipinski definition) is 4. The second kappa shape index (κ2) is 13.0. The summed E-state index contributed by atoms with van der Waals surface area (Å²) in [5.74, 6) is -0.0751. The summed E-state index contributed by atoms with van der Waals surface area (Å²) in [6.45, 7) is 10.4. The first-order valence-electron chi connectivity index (χ1n) is 9.98. The predicted molar refractivity (Wildman–Crippen MR) is 106 cm³/mol. The Morgan fingerprint density at radius 2 is 1.40 bits per heavy atom. The van der Waals surface area contributed by atoms with Gasteiger partial charge in [-0.1, -0.05) is 32.8 Å². The summed E-state index contributed by atoms with van der Waals surface area (Å²) in [5, 5.41) is 18.9. The second-order valence-electron chi connectivity index (χ2n) is 7.13. The van der Waals surface area contributed by atoms with Crippen LogP contribution in [0.25, 0.3) is 0 Å². The molecule has 0 fully saturated rings. The summed E-state index contributed by atoms with van der Waals surface area (Å²) in [6.07, 6.45) is 8.59. The van der Waals surface area contributed by atoms with Gasteiger partial charge in [-0.05, 0) is 83.0 Å². The van der Waals surface area contributed by atoms with Crippen molar-refractivity contribution >= 4 is 0 Å². The van der Waals surface area contributed by atoms with Crippen LogP contribution in [0.3, 0.4) is 0 Å². The lowest BCUT2D eigenvalue weighted by molar-refractivity contribution is 0.266. The lowest BCUT2D eigenvalue weighted by Gasteiger charge is -2.21. The van der Waals surface area contributed by atoms with E-state index in [-0.39, 0.29) is 11.5 Å². The van der Waals surface area contributed by atoms with Crippen molar-refractivity contribution < 1.29 is 10.2 Å². The van der Waals surface area contributed by atoms with Crippen molar-refractivity contribution in [3.63, 3.8) is 0 Å². The fourth-order valence-electron chi connectivity index (χ4n) is 3.19. The van der Waals surface area contributed by atoms with E-state index in [1.165, 1.54) is 58.2 Å². The Hall–Kier alpha value is -1.26. The number of benzene rings is 1. The maximum Gasteiger partial charge on any atom is 0.157 e. The van der Waals surface area contributed by atoms with E-state index in [2.05, 4.69) is 30.7 Å². The largest absolute Gasteiger partial charge is 0.504 e. The van der Waals surface area contributed by atoms with Crippen LogP contribution in [0.1, 0.15) is 57.9 Å². The minimum absolute atomic E-state index is 0.0275. The van der Waals surface area contributed by atoms with Gasteiger partial charge in [0.2, 0.25) is 0 Å². The Kier molecular flexibility index (Phi) is 11.3. The van der Waals surface area contributed by atoms with Gasteiger partial charge in [-0.2, -0.15) is 0 Å². The molecule has 0 atom stereocenters. The van der Waals surface area contributed by atoms with Gasteiger partial charge in [-0.15, -0.1) is 0 Å². The normalized spacial score (nSPS) is 11.6. The molecule has 0 unspecified atom stereocenters. The van der Waals surface area contributed by atoms with Crippen molar-refractivity contribution in [3.05, 3.63) is 23.8 Å². The third kappa shape index (κ3) is 9.71. The monoisotopic (exact) mass is 350 g/mol. The van der Waals surface area contributed by atoms with Gasteiger partial charge in [0, 0.05) is 6.54 Å². The highest BCUT2D eigenvalue weighted by Crippen LogP contribution is 2.25. The fraction of sp³-hybridized carbons (Fsp3) is 0.714. The average molecular weight is 351 g/mol. The summed E-state index contributed by atoms with van der Waals surface area (Å²) < 4.78 is 0. The molecule has 0 radical (unpaired) electrons. The van der Waals surface area contributed by atoms with E-state index >= 15 is 0 Å². The number of phenolic OH excluding ortho intramolecular Hbond substituents is 2. The molecule has 1 aromatic rings. The maximum absolute atomic E-state index is 9.53. The zero-order valence-corrected chi connectivity index (χ0v) is 16.5. The summed E-state index contributed by atoms with van der Waals surface area (Å²) in [4.78, 5) is 4.95. The van der Waals surface area contributed by atoms with Crippen LogP contribution in [0.4, 0.5) is 0 Å². The minimum Gasteiger partial charge on any atom is -0.504 e. The summed E-state index contributed by atoms with van der Waals surface area (Å²) >= 11 is 0. The minimum atomic E-state index is -0.0476. The SMILES string of the molecule is CCCN(CCC)CCCCCCN(C)CCc1ccc(O)c(O)c1. The van der Waals surface area contributed by atoms with E-state index in [9.17, 15) is 10.2 Å². The molecule has 144 valence electrons. The fourth-order valence-corrected chi connectivity index (χ4v) is 3.19. The van der Waals surface area contributed by atoms with E-state index in [0.717, 1.165) is 25.1 Å². The predicted octanol–water partition coefficient (Wildman–Crippen LogP) is 4.25. The van der Waals surface area contributed by atoms with Crippen LogP contribution < -0.4 is 0 Å². The van der Waals surface area contributed by atoms with Crippen LogP contribution in [0.2, 0.25) is 0 Å². The Labute approximate surface area is 154 Å². The number of aromatic hydroxyl groups is 2. The van der Waals surface area contributed by atoms with Crippen molar-refractivity contribution in [1.82, 2.24) is 9.80 Å². The molecule has 0 bridgehead atoms. The smallest absolute Gasteiger partial charge is 0.157 e. The molecule has 25 heavy (non-hydrogen) atoms. The van der Waals surface area contributed by atoms with Gasteiger partial charge in [-0.25, -0.2) is 0 Å². The van der Waals surface area contributed by atoms with Gasteiger partial charge < -0.3 is 20.0 Å². The Morgan fingerprint density at radius 1 is 0.760 bits per heavy atom. The topological polar surface area (TPSA) is 46.9 Å². The molecule has 1 aromatic carbocycles. The number of nitrogens with zero attached hydrogens (tertiary/aromatic N) is 2.